The maximum atomic E-state index is 10.5. The van der Waals surface area contributed by atoms with Crippen LogP contribution < -0.4 is 9.44 Å². The van der Waals surface area contributed by atoms with Crippen molar-refractivity contribution in [3.05, 3.63) is 11.8 Å². The second-order valence-electron chi connectivity index (χ2n) is 1.66. The number of rotatable bonds is 0. The predicted octanol–water partition coefficient (Wildman–Crippen LogP) is -0.812. The minimum atomic E-state index is -1.42. The summed E-state index contributed by atoms with van der Waals surface area (Å²) in [6.07, 6.45) is 1.35. The van der Waals surface area contributed by atoms with Crippen molar-refractivity contribution in [2.75, 3.05) is 0 Å². The van der Waals surface area contributed by atoms with Gasteiger partial charge in [-0.25, -0.2) is 0 Å². The van der Waals surface area contributed by atoms with Gasteiger partial charge >= 0.3 is 0 Å². The number of nitrogens with one attached hydrogen (secondary N) is 2. The van der Waals surface area contributed by atoms with Crippen molar-refractivity contribution >= 4 is 17.5 Å². The number of hydrogen-bond donors (Lipinski definition) is 2. The molecule has 50 valence electrons. The molecule has 1 aliphatic heterocycles. The highest BCUT2D eigenvalue weighted by molar-refractivity contribution is 7.88. The molecule has 1 rings (SSSR count). The minimum absolute atomic E-state index is 0.315. The molecule has 1 atom stereocenters. The van der Waals surface area contributed by atoms with Gasteiger partial charge in [0.05, 0.1) is 5.70 Å². The van der Waals surface area contributed by atoms with E-state index in [4.69, 9.17) is 0 Å². The summed E-state index contributed by atoms with van der Waals surface area (Å²) in [5.74, 6) is -0.315. The quantitative estimate of drug-likeness (QED) is 0.439. The van der Waals surface area contributed by atoms with E-state index in [1.807, 2.05) is 0 Å². The molecule has 4 nitrogen and oxygen atoms in total. The van der Waals surface area contributed by atoms with Gasteiger partial charge in [0.25, 0.3) is 5.91 Å². The van der Waals surface area contributed by atoms with Crippen LogP contribution in [0.25, 0.3) is 0 Å². The van der Waals surface area contributed by atoms with Gasteiger partial charge < -0.3 is 4.55 Å². The van der Waals surface area contributed by atoms with E-state index in [1.165, 1.54) is 6.08 Å². The second-order valence-corrected chi connectivity index (χ2v) is 2.61. The Morgan fingerprint density at radius 1 is 1.67 bits per heavy atom. The van der Waals surface area contributed by atoms with Crippen LogP contribution in [0.5, 0.6) is 0 Å². The molecule has 0 spiro atoms. The lowest BCUT2D eigenvalue weighted by Gasteiger charge is -2.14. The van der Waals surface area contributed by atoms with Gasteiger partial charge in [-0.05, 0) is 6.92 Å². The van der Waals surface area contributed by atoms with Crippen LogP contribution in [0.1, 0.15) is 6.92 Å². The first-order valence-electron chi connectivity index (χ1n) is 2.36. The van der Waals surface area contributed by atoms with E-state index >= 15 is 0 Å². The number of amides is 1. The summed E-state index contributed by atoms with van der Waals surface area (Å²) in [4.78, 5) is 10.5. The molecule has 0 fully saturated rings. The number of allylic oxidation sites excluding steroid dienone is 1. The third-order valence-corrected chi connectivity index (χ3v) is 1.69. The van der Waals surface area contributed by atoms with Crippen molar-refractivity contribution < 1.29 is 9.35 Å². The van der Waals surface area contributed by atoms with Gasteiger partial charge in [0.15, 0.2) is 11.5 Å². The zero-order valence-electron chi connectivity index (χ0n) is 4.80. The van der Waals surface area contributed by atoms with Gasteiger partial charge in [-0.1, -0.05) is 0 Å². The summed E-state index contributed by atoms with van der Waals surface area (Å²) >= 11 is -1.42. The summed E-state index contributed by atoms with van der Waals surface area (Å²) in [5, 5.41) is 0. The molecule has 2 N–H and O–H groups in total. The van der Waals surface area contributed by atoms with E-state index in [2.05, 4.69) is 9.44 Å². The van der Waals surface area contributed by atoms with Crippen molar-refractivity contribution in [3.63, 3.8) is 0 Å². The van der Waals surface area contributed by atoms with Crippen molar-refractivity contribution in [1.82, 2.24) is 9.44 Å². The van der Waals surface area contributed by atoms with E-state index in [1.54, 1.807) is 6.92 Å². The maximum Gasteiger partial charge on any atom is 0.288 e. The molecule has 5 heteroatoms. The zero-order chi connectivity index (χ0) is 6.85. The summed E-state index contributed by atoms with van der Waals surface area (Å²) in [6, 6.07) is 0. The maximum absolute atomic E-state index is 10.5. The highest BCUT2D eigenvalue weighted by Gasteiger charge is 2.16. The molecule has 1 amide bonds. The second kappa shape index (κ2) is 2.28. The van der Waals surface area contributed by atoms with E-state index < -0.39 is 11.5 Å². The molecule has 0 saturated carbocycles. The monoisotopic (exact) mass is 146 g/mol. The van der Waals surface area contributed by atoms with E-state index in [9.17, 15) is 9.35 Å². The summed E-state index contributed by atoms with van der Waals surface area (Å²) in [6.45, 7) is 1.68. The first-order valence-corrected chi connectivity index (χ1v) is 3.51. The van der Waals surface area contributed by atoms with Crippen LogP contribution in [0.15, 0.2) is 11.8 Å². The van der Waals surface area contributed by atoms with Crippen molar-refractivity contribution in [2.45, 2.75) is 6.92 Å². The average molecular weight is 146 g/mol. The van der Waals surface area contributed by atoms with Gasteiger partial charge in [-0.15, -0.1) is 4.72 Å². The standard InChI is InChI=1S/C4H6N2O2S/c1-3-2-4(7)6-9(8)5-3/h2,5H,1H3,(H,6,7). The zero-order valence-corrected chi connectivity index (χ0v) is 5.62. The lowest BCUT2D eigenvalue weighted by Crippen LogP contribution is -2.42. The first kappa shape index (κ1) is 6.44. The SMILES string of the molecule is CC1=CC(=O)N[S+]([O-])N1. The van der Waals surface area contributed by atoms with Gasteiger partial charge in [-0.3, -0.25) is 4.79 Å². The summed E-state index contributed by atoms with van der Waals surface area (Å²) < 4.78 is 15.2. The smallest absolute Gasteiger partial charge is 0.288 e. The van der Waals surface area contributed by atoms with Crippen LogP contribution in [0, 0.1) is 0 Å². The normalized spacial score (nSPS) is 26.2. The molecule has 1 heterocycles. The number of hydrogen-bond acceptors (Lipinski definition) is 3. The van der Waals surface area contributed by atoms with Crippen molar-refractivity contribution in [1.29, 1.82) is 0 Å². The minimum Gasteiger partial charge on any atom is -0.568 e. The largest absolute Gasteiger partial charge is 0.568 e. The predicted molar refractivity (Wildman–Crippen MR) is 33.2 cm³/mol. The van der Waals surface area contributed by atoms with Gasteiger partial charge in [0.2, 0.25) is 0 Å². The summed E-state index contributed by atoms with van der Waals surface area (Å²) in [7, 11) is 0. The molecule has 0 aliphatic carbocycles. The Labute approximate surface area is 55.8 Å². The van der Waals surface area contributed by atoms with Crippen LogP contribution in [-0.4, -0.2) is 10.5 Å². The Morgan fingerprint density at radius 3 is 2.78 bits per heavy atom. The molecule has 0 aromatic heterocycles. The van der Waals surface area contributed by atoms with Crippen LogP contribution in [-0.2, 0) is 16.3 Å². The number of carbonyl (C=O) groups is 1. The Morgan fingerprint density at radius 2 is 2.33 bits per heavy atom. The lowest BCUT2D eigenvalue weighted by molar-refractivity contribution is -0.115. The molecule has 0 aromatic carbocycles. The van der Waals surface area contributed by atoms with Crippen LogP contribution in [0.2, 0.25) is 0 Å². The third kappa shape index (κ3) is 1.62. The molecule has 9 heavy (non-hydrogen) atoms. The molecule has 1 unspecified atom stereocenters. The third-order valence-electron chi connectivity index (χ3n) is 0.795. The van der Waals surface area contributed by atoms with Crippen LogP contribution >= 0.6 is 0 Å². The molecule has 1 aliphatic rings. The van der Waals surface area contributed by atoms with Crippen LogP contribution in [0.3, 0.4) is 0 Å². The Bertz CT molecular complexity index is 168. The molecule has 0 saturated heterocycles. The molecule has 0 bridgehead atoms. The van der Waals surface area contributed by atoms with E-state index in [0.717, 1.165) is 0 Å². The lowest BCUT2D eigenvalue weighted by atomic mass is 10.4. The fraction of sp³-hybridized carbons (Fsp3) is 0.250. The fourth-order valence-corrected chi connectivity index (χ4v) is 1.16. The van der Waals surface area contributed by atoms with Gasteiger partial charge in [0.1, 0.15) is 0 Å². The average Bonchev–Trinajstić information content (AvgIpc) is 1.59. The molecule has 0 aromatic rings. The molecular weight excluding hydrogens is 140 g/mol. The number of carbonyl (C=O) groups excluding carboxylic acids is 1. The Kier molecular flexibility index (Phi) is 1.63. The van der Waals surface area contributed by atoms with Crippen molar-refractivity contribution in [2.24, 2.45) is 0 Å². The Hall–Kier alpha value is -0.680. The van der Waals surface area contributed by atoms with Crippen LogP contribution in [0.4, 0.5) is 0 Å². The first-order chi connectivity index (χ1) is 4.18. The van der Waals surface area contributed by atoms with E-state index in [0.29, 0.717) is 5.70 Å². The Balaban J connectivity index is 2.67. The molecule has 0 radical (unpaired) electrons. The van der Waals surface area contributed by atoms with Gasteiger partial charge in [0, 0.05) is 6.08 Å². The highest BCUT2D eigenvalue weighted by Crippen LogP contribution is 1.95. The fourth-order valence-electron chi connectivity index (χ4n) is 0.519. The topological polar surface area (TPSA) is 64.2 Å². The molecular formula is C4H6N2O2S. The van der Waals surface area contributed by atoms with Gasteiger partial charge in [-0.2, -0.15) is 4.72 Å². The van der Waals surface area contributed by atoms with E-state index in [-0.39, 0.29) is 5.91 Å². The highest BCUT2D eigenvalue weighted by atomic mass is 32.2. The van der Waals surface area contributed by atoms with Crippen molar-refractivity contribution in [3.8, 4) is 0 Å². The summed E-state index contributed by atoms with van der Waals surface area (Å²) in [5.41, 5.74) is 0.622.